The summed E-state index contributed by atoms with van der Waals surface area (Å²) in [7, 11) is 1.54. The fraction of sp³-hybridized carbons (Fsp3) is 0.0769. The molecule has 0 unspecified atom stereocenters. The number of nitrogens with two attached hydrogens (primary N) is 1. The number of halogens is 1. The van der Waals surface area contributed by atoms with E-state index in [1.165, 1.54) is 0 Å². The summed E-state index contributed by atoms with van der Waals surface area (Å²) in [6.45, 7) is 0. The van der Waals surface area contributed by atoms with Crippen LogP contribution in [0.15, 0.2) is 42.5 Å². The zero-order chi connectivity index (χ0) is 12.3. The van der Waals surface area contributed by atoms with Crippen molar-refractivity contribution in [2.45, 2.75) is 0 Å². The predicted octanol–water partition coefficient (Wildman–Crippen LogP) is 3.72. The van der Waals surface area contributed by atoms with Gasteiger partial charge in [0.25, 0.3) is 0 Å². The zero-order valence-electron chi connectivity index (χ0n) is 9.31. The molecule has 2 N–H and O–H groups in total. The molecule has 0 bridgehead atoms. The quantitative estimate of drug-likeness (QED) is 0.843. The van der Waals surface area contributed by atoms with E-state index in [1.54, 1.807) is 19.2 Å². The molecule has 17 heavy (non-hydrogen) atoms. The van der Waals surface area contributed by atoms with Crippen LogP contribution in [0.2, 0.25) is 5.02 Å². The van der Waals surface area contributed by atoms with Crippen molar-refractivity contribution in [2.75, 3.05) is 12.8 Å². The minimum Gasteiger partial charge on any atom is -0.495 e. The SMILES string of the molecule is COc1cc(Cl)c(Oc2ccccc2)cc1N. The molecule has 3 nitrogen and oxygen atoms in total. The molecule has 0 saturated carbocycles. The van der Waals surface area contributed by atoms with Gasteiger partial charge in [-0.15, -0.1) is 0 Å². The summed E-state index contributed by atoms with van der Waals surface area (Å²) in [5.74, 6) is 1.76. The highest BCUT2D eigenvalue weighted by molar-refractivity contribution is 6.32. The van der Waals surface area contributed by atoms with Crippen LogP contribution in [-0.4, -0.2) is 7.11 Å². The fourth-order valence-electron chi connectivity index (χ4n) is 1.42. The van der Waals surface area contributed by atoms with Crippen LogP contribution in [-0.2, 0) is 0 Å². The summed E-state index contributed by atoms with van der Waals surface area (Å²) in [4.78, 5) is 0. The Kier molecular flexibility index (Phi) is 3.40. The summed E-state index contributed by atoms with van der Waals surface area (Å²) in [6.07, 6.45) is 0. The van der Waals surface area contributed by atoms with E-state index < -0.39 is 0 Å². The van der Waals surface area contributed by atoms with E-state index in [1.807, 2.05) is 30.3 Å². The lowest BCUT2D eigenvalue weighted by molar-refractivity contribution is 0.415. The van der Waals surface area contributed by atoms with Crippen LogP contribution >= 0.6 is 11.6 Å². The maximum absolute atomic E-state index is 6.07. The summed E-state index contributed by atoms with van der Waals surface area (Å²) < 4.78 is 10.7. The van der Waals surface area contributed by atoms with Crippen molar-refractivity contribution < 1.29 is 9.47 Å². The van der Waals surface area contributed by atoms with Gasteiger partial charge in [-0.2, -0.15) is 0 Å². The summed E-state index contributed by atoms with van der Waals surface area (Å²) >= 11 is 6.07. The molecule has 0 spiro atoms. The number of nitrogen functional groups attached to an aromatic ring is 1. The van der Waals surface area contributed by atoms with Crippen molar-refractivity contribution in [3.05, 3.63) is 47.5 Å². The number of anilines is 1. The summed E-state index contributed by atoms with van der Waals surface area (Å²) in [5, 5.41) is 0.458. The standard InChI is InChI=1S/C13H12ClNO2/c1-16-13-7-10(14)12(8-11(13)15)17-9-5-3-2-4-6-9/h2-8H,15H2,1H3. The first-order valence-corrected chi connectivity index (χ1v) is 5.44. The van der Waals surface area contributed by atoms with E-state index in [9.17, 15) is 0 Å². The summed E-state index contributed by atoms with van der Waals surface area (Å²) in [6, 6.07) is 12.7. The molecule has 2 aromatic carbocycles. The highest BCUT2D eigenvalue weighted by atomic mass is 35.5. The molecule has 0 saturated heterocycles. The number of methoxy groups -OCH3 is 1. The molecule has 0 aliphatic heterocycles. The van der Waals surface area contributed by atoms with E-state index in [-0.39, 0.29) is 0 Å². The molecule has 0 aliphatic carbocycles. The molecule has 0 radical (unpaired) electrons. The largest absolute Gasteiger partial charge is 0.495 e. The van der Waals surface area contributed by atoms with Crippen LogP contribution in [0.3, 0.4) is 0 Å². The lowest BCUT2D eigenvalue weighted by atomic mass is 10.2. The van der Waals surface area contributed by atoms with Crippen LogP contribution in [0.5, 0.6) is 17.2 Å². The van der Waals surface area contributed by atoms with Crippen molar-refractivity contribution in [1.82, 2.24) is 0 Å². The molecule has 2 rings (SSSR count). The van der Waals surface area contributed by atoms with Gasteiger partial charge in [-0.3, -0.25) is 0 Å². The first kappa shape index (κ1) is 11.6. The highest BCUT2D eigenvalue weighted by Crippen LogP contribution is 2.36. The maximum Gasteiger partial charge on any atom is 0.148 e. The van der Waals surface area contributed by atoms with Crippen molar-refractivity contribution in [3.8, 4) is 17.2 Å². The smallest absolute Gasteiger partial charge is 0.148 e. The molecular formula is C13H12ClNO2. The van der Waals surface area contributed by atoms with Crippen molar-refractivity contribution in [1.29, 1.82) is 0 Å². The minimum atomic E-state index is 0.458. The van der Waals surface area contributed by atoms with Gasteiger partial charge in [0, 0.05) is 12.1 Å². The third kappa shape index (κ3) is 2.63. The van der Waals surface area contributed by atoms with Gasteiger partial charge in [0.05, 0.1) is 17.8 Å². The maximum atomic E-state index is 6.07. The topological polar surface area (TPSA) is 44.5 Å². The Morgan fingerprint density at radius 3 is 2.41 bits per heavy atom. The molecule has 0 aromatic heterocycles. The number of hydrogen-bond donors (Lipinski definition) is 1. The second-order valence-electron chi connectivity index (χ2n) is 3.44. The molecule has 0 heterocycles. The highest BCUT2D eigenvalue weighted by Gasteiger charge is 2.08. The molecule has 0 amide bonds. The van der Waals surface area contributed by atoms with Gasteiger partial charge in [0.15, 0.2) is 0 Å². The number of hydrogen-bond acceptors (Lipinski definition) is 3. The zero-order valence-corrected chi connectivity index (χ0v) is 10.1. The number of benzene rings is 2. The van der Waals surface area contributed by atoms with Gasteiger partial charge in [-0.05, 0) is 12.1 Å². The summed E-state index contributed by atoms with van der Waals surface area (Å²) in [5.41, 5.74) is 6.28. The van der Waals surface area contributed by atoms with Gasteiger partial charge in [-0.25, -0.2) is 0 Å². The third-order valence-electron chi connectivity index (χ3n) is 2.26. The first-order chi connectivity index (χ1) is 8.20. The molecule has 88 valence electrons. The van der Waals surface area contributed by atoms with Crippen LogP contribution in [0.25, 0.3) is 0 Å². The van der Waals surface area contributed by atoms with Gasteiger partial charge < -0.3 is 15.2 Å². The van der Waals surface area contributed by atoms with Gasteiger partial charge in [-0.1, -0.05) is 29.8 Å². The van der Waals surface area contributed by atoms with Gasteiger partial charge in [0.2, 0.25) is 0 Å². The first-order valence-electron chi connectivity index (χ1n) is 5.06. The Labute approximate surface area is 105 Å². The van der Waals surface area contributed by atoms with E-state index in [2.05, 4.69) is 0 Å². The Hall–Kier alpha value is -1.87. The van der Waals surface area contributed by atoms with Gasteiger partial charge >= 0.3 is 0 Å². The third-order valence-corrected chi connectivity index (χ3v) is 2.55. The molecule has 0 atom stereocenters. The molecule has 2 aromatic rings. The molecular weight excluding hydrogens is 238 g/mol. The van der Waals surface area contributed by atoms with Crippen LogP contribution in [0.1, 0.15) is 0 Å². The number of ether oxygens (including phenoxy) is 2. The van der Waals surface area contributed by atoms with Crippen molar-refractivity contribution in [2.24, 2.45) is 0 Å². The fourth-order valence-corrected chi connectivity index (χ4v) is 1.61. The van der Waals surface area contributed by atoms with Crippen LogP contribution < -0.4 is 15.2 Å². The van der Waals surface area contributed by atoms with Crippen LogP contribution in [0, 0.1) is 0 Å². The molecule has 0 aliphatic rings. The van der Waals surface area contributed by atoms with E-state index in [0.717, 1.165) is 0 Å². The minimum absolute atomic E-state index is 0.458. The lowest BCUT2D eigenvalue weighted by Crippen LogP contribution is -1.94. The predicted molar refractivity (Wildman–Crippen MR) is 68.9 cm³/mol. The Morgan fingerprint density at radius 2 is 1.76 bits per heavy atom. The number of para-hydroxylation sites is 1. The average Bonchev–Trinajstić information content (AvgIpc) is 2.34. The van der Waals surface area contributed by atoms with Crippen molar-refractivity contribution >= 4 is 17.3 Å². The van der Waals surface area contributed by atoms with Crippen molar-refractivity contribution in [3.63, 3.8) is 0 Å². The Bertz CT molecular complexity index is 514. The molecule has 0 fully saturated rings. The number of rotatable bonds is 3. The monoisotopic (exact) mass is 249 g/mol. The Balaban J connectivity index is 2.31. The Morgan fingerprint density at radius 1 is 1.06 bits per heavy atom. The van der Waals surface area contributed by atoms with Gasteiger partial charge in [0.1, 0.15) is 17.2 Å². The average molecular weight is 250 g/mol. The van der Waals surface area contributed by atoms with E-state index in [4.69, 9.17) is 26.8 Å². The van der Waals surface area contributed by atoms with E-state index in [0.29, 0.717) is 28.0 Å². The van der Waals surface area contributed by atoms with E-state index >= 15 is 0 Å². The second-order valence-corrected chi connectivity index (χ2v) is 3.85. The second kappa shape index (κ2) is 4.97. The molecule has 4 heteroatoms. The lowest BCUT2D eigenvalue weighted by Gasteiger charge is -2.10. The normalized spacial score (nSPS) is 10.0. The van der Waals surface area contributed by atoms with Crippen LogP contribution in [0.4, 0.5) is 5.69 Å².